The second-order valence-corrected chi connectivity index (χ2v) is 8.66. The molecule has 0 bridgehead atoms. The van der Waals surface area contributed by atoms with Crippen LogP contribution in [0, 0.1) is 0 Å². The molecule has 0 saturated carbocycles. The molecule has 2 heterocycles. The summed E-state index contributed by atoms with van der Waals surface area (Å²) in [4.78, 5) is 12.0. The standard InChI is InChI=1S/C18H18BNO7S/c21-18(22)16-15(7-6-12-8-9-19(23)27-17(12)16)26-13-10-20(11-13)28(24,25)14-4-2-1-3-5-14/h1-7,13,23H,8-11H2,(H,21,22). The molecule has 1 saturated heterocycles. The lowest BCUT2D eigenvalue weighted by Gasteiger charge is -2.38. The van der Waals surface area contributed by atoms with E-state index in [2.05, 4.69) is 0 Å². The van der Waals surface area contributed by atoms with E-state index in [-0.39, 0.29) is 35.0 Å². The molecule has 0 atom stereocenters. The smallest absolute Gasteiger partial charge is 0.522 e. The lowest BCUT2D eigenvalue weighted by atomic mass is 9.78. The fourth-order valence-electron chi connectivity index (χ4n) is 3.31. The molecule has 4 rings (SSSR count). The molecule has 0 spiro atoms. The van der Waals surface area contributed by atoms with Crippen molar-refractivity contribution < 1.29 is 32.7 Å². The minimum absolute atomic E-state index is 0.0992. The van der Waals surface area contributed by atoms with Crippen LogP contribution in [0.15, 0.2) is 47.4 Å². The molecular formula is C18H18BNO7S. The Bertz CT molecular complexity index is 1010. The van der Waals surface area contributed by atoms with Gasteiger partial charge in [-0.25, -0.2) is 13.2 Å². The van der Waals surface area contributed by atoms with Gasteiger partial charge in [-0.2, -0.15) is 4.31 Å². The Labute approximate surface area is 162 Å². The monoisotopic (exact) mass is 403 g/mol. The van der Waals surface area contributed by atoms with Gasteiger partial charge in [0.25, 0.3) is 0 Å². The lowest BCUT2D eigenvalue weighted by Crippen LogP contribution is -2.56. The van der Waals surface area contributed by atoms with Crippen molar-refractivity contribution in [2.24, 2.45) is 0 Å². The zero-order chi connectivity index (χ0) is 19.9. The molecule has 0 aromatic heterocycles. The number of aromatic carboxylic acids is 1. The number of carbonyl (C=O) groups is 1. The Morgan fingerprint density at radius 3 is 2.57 bits per heavy atom. The van der Waals surface area contributed by atoms with Crippen LogP contribution in [0.25, 0.3) is 0 Å². The fraction of sp³-hybridized carbons (Fsp3) is 0.278. The van der Waals surface area contributed by atoms with E-state index < -0.39 is 29.2 Å². The van der Waals surface area contributed by atoms with E-state index in [0.717, 1.165) is 0 Å². The summed E-state index contributed by atoms with van der Waals surface area (Å²) in [7, 11) is -4.66. The molecule has 10 heteroatoms. The van der Waals surface area contributed by atoms with Gasteiger partial charge in [0.15, 0.2) is 0 Å². The first-order valence-electron chi connectivity index (χ1n) is 8.82. The van der Waals surface area contributed by atoms with E-state index in [1.54, 1.807) is 30.3 Å². The van der Waals surface area contributed by atoms with Gasteiger partial charge < -0.3 is 19.5 Å². The maximum Gasteiger partial charge on any atom is 0.522 e. The van der Waals surface area contributed by atoms with Crippen LogP contribution in [0.2, 0.25) is 6.32 Å². The third-order valence-electron chi connectivity index (χ3n) is 4.82. The third-order valence-corrected chi connectivity index (χ3v) is 6.66. The van der Waals surface area contributed by atoms with E-state index in [0.29, 0.717) is 18.3 Å². The third kappa shape index (κ3) is 3.34. The molecule has 0 unspecified atom stereocenters. The predicted octanol–water partition coefficient (Wildman–Crippen LogP) is 1.25. The summed E-state index contributed by atoms with van der Waals surface area (Å²) in [6.07, 6.45) is 0.424. The van der Waals surface area contributed by atoms with Crippen molar-refractivity contribution in [1.29, 1.82) is 0 Å². The summed E-state index contributed by atoms with van der Waals surface area (Å²) >= 11 is 0. The topological polar surface area (TPSA) is 113 Å². The Morgan fingerprint density at radius 2 is 1.89 bits per heavy atom. The van der Waals surface area contributed by atoms with Crippen LogP contribution in [0.1, 0.15) is 15.9 Å². The summed E-state index contributed by atoms with van der Waals surface area (Å²) in [5.41, 5.74) is 0.539. The molecule has 2 aromatic rings. The highest BCUT2D eigenvalue weighted by molar-refractivity contribution is 7.89. The number of benzene rings is 2. The van der Waals surface area contributed by atoms with Crippen molar-refractivity contribution in [1.82, 2.24) is 4.31 Å². The minimum Gasteiger partial charge on any atom is -0.535 e. The van der Waals surface area contributed by atoms with Crippen LogP contribution in [0.4, 0.5) is 0 Å². The van der Waals surface area contributed by atoms with Gasteiger partial charge in [0.2, 0.25) is 10.0 Å². The molecular weight excluding hydrogens is 385 g/mol. The van der Waals surface area contributed by atoms with E-state index in [1.807, 2.05) is 0 Å². The Kier molecular flexibility index (Phi) is 4.78. The zero-order valence-corrected chi connectivity index (χ0v) is 15.6. The fourth-order valence-corrected chi connectivity index (χ4v) is 4.83. The predicted molar refractivity (Wildman–Crippen MR) is 100 cm³/mol. The first-order valence-corrected chi connectivity index (χ1v) is 10.3. The van der Waals surface area contributed by atoms with Gasteiger partial charge in [0, 0.05) is 0 Å². The van der Waals surface area contributed by atoms with Crippen molar-refractivity contribution in [2.45, 2.75) is 23.7 Å². The zero-order valence-electron chi connectivity index (χ0n) is 14.8. The first kappa shape index (κ1) is 18.8. The van der Waals surface area contributed by atoms with E-state index in [1.165, 1.54) is 16.4 Å². The number of rotatable bonds is 5. The lowest BCUT2D eigenvalue weighted by molar-refractivity contribution is 0.0632. The van der Waals surface area contributed by atoms with Crippen molar-refractivity contribution in [2.75, 3.05) is 13.1 Å². The summed E-state index contributed by atoms with van der Waals surface area (Å²) in [6, 6.07) is 11.4. The number of sulfonamides is 1. The van der Waals surface area contributed by atoms with Gasteiger partial charge in [-0.1, -0.05) is 24.3 Å². The largest absolute Gasteiger partial charge is 0.535 e. The van der Waals surface area contributed by atoms with Crippen molar-refractivity contribution >= 4 is 23.1 Å². The highest BCUT2D eigenvalue weighted by atomic mass is 32.2. The number of fused-ring (bicyclic) bond motifs is 1. The SMILES string of the molecule is O=C(O)c1c(OC2CN(S(=O)(=O)c3ccccc3)C2)ccc2c1OB(O)CC2. The quantitative estimate of drug-likeness (QED) is 0.723. The number of carboxylic acids is 1. The van der Waals surface area contributed by atoms with Gasteiger partial charge in [-0.15, -0.1) is 0 Å². The van der Waals surface area contributed by atoms with Crippen molar-refractivity contribution in [3.8, 4) is 11.5 Å². The van der Waals surface area contributed by atoms with Crippen LogP contribution in [0.5, 0.6) is 11.5 Å². The van der Waals surface area contributed by atoms with Crippen LogP contribution in [-0.4, -0.2) is 55.1 Å². The van der Waals surface area contributed by atoms with E-state index in [9.17, 15) is 23.3 Å². The molecule has 0 radical (unpaired) electrons. The first-order chi connectivity index (χ1) is 13.4. The number of hydrogen-bond acceptors (Lipinski definition) is 6. The van der Waals surface area contributed by atoms with Gasteiger partial charge >= 0.3 is 13.1 Å². The molecule has 146 valence electrons. The maximum absolute atomic E-state index is 12.5. The van der Waals surface area contributed by atoms with Crippen LogP contribution in [-0.2, 0) is 16.4 Å². The van der Waals surface area contributed by atoms with Crippen molar-refractivity contribution in [3.05, 3.63) is 53.6 Å². The van der Waals surface area contributed by atoms with Gasteiger partial charge in [-0.3, -0.25) is 0 Å². The van der Waals surface area contributed by atoms with Gasteiger partial charge in [0.05, 0.1) is 18.0 Å². The molecule has 2 aliphatic heterocycles. The van der Waals surface area contributed by atoms with Crippen LogP contribution in [0.3, 0.4) is 0 Å². The van der Waals surface area contributed by atoms with Gasteiger partial charge in [0.1, 0.15) is 23.2 Å². The van der Waals surface area contributed by atoms with Gasteiger partial charge in [-0.05, 0) is 36.5 Å². The number of nitrogens with zero attached hydrogens (tertiary/aromatic N) is 1. The second kappa shape index (κ2) is 7.12. The Balaban J connectivity index is 1.51. The normalized spacial score (nSPS) is 17.4. The molecule has 2 N–H and O–H groups in total. The van der Waals surface area contributed by atoms with E-state index in [4.69, 9.17) is 9.39 Å². The molecule has 0 aliphatic carbocycles. The second-order valence-electron chi connectivity index (χ2n) is 6.72. The number of ether oxygens (including phenoxy) is 1. The number of aryl methyl sites for hydroxylation is 1. The average molecular weight is 403 g/mol. The Morgan fingerprint density at radius 1 is 1.18 bits per heavy atom. The summed E-state index contributed by atoms with van der Waals surface area (Å²) in [6.45, 7) is 0.244. The Hall–Kier alpha value is -2.56. The number of hydrogen-bond donors (Lipinski definition) is 2. The summed E-state index contributed by atoms with van der Waals surface area (Å²) in [5, 5.41) is 19.3. The number of carboxylic acid groups (broad SMARTS) is 1. The van der Waals surface area contributed by atoms with Crippen molar-refractivity contribution in [3.63, 3.8) is 0 Å². The van der Waals surface area contributed by atoms with E-state index >= 15 is 0 Å². The summed E-state index contributed by atoms with van der Waals surface area (Å²) in [5.74, 6) is -1.02. The molecule has 28 heavy (non-hydrogen) atoms. The summed E-state index contributed by atoms with van der Waals surface area (Å²) < 4.78 is 37.4. The van der Waals surface area contributed by atoms with Crippen LogP contribution < -0.4 is 9.39 Å². The molecule has 2 aromatic carbocycles. The molecule has 8 nitrogen and oxygen atoms in total. The highest BCUT2D eigenvalue weighted by Gasteiger charge is 2.39. The highest BCUT2D eigenvalue weighted by Crippen LogP contribution is 2.37. The maximum atomic E-state index is 12.5. The van der Waals surface area contributed by atoms with Crippen LogP contribution >= 0.6 is 0 Å². The average Bonchev–Trinajstić information content (AvgIpc) is 2.64. The molecule has 1 fully saturated rings. The molecule has 2 aliphatic rings. The molecule has 0 amide bonds. The minimum atomic E-state index is -3.60.